The summed E-state index contributed by atoms with van der Waals surface area (Å²) in [7, 11) is 1.94. The van der Waals surface area contributed by atoms with Crippen LogP contribution in [0.3, 0.4) is 0 Å². The van der Waals surface area contributed by atoms with Crippen LogP contribution in [0.15, 0.2) is 29.2 Å². The van der Waals surface area contributed by atoms with Gasteiger partial charge in [-0.25, -0.2) is 0 Å². The molecule has 0 unspecified atom stereocenters. The van der Waals surface area contributed by atoms with Gasteiger partial charge in [-0.15, -0.1) is 18.2 Å². The average Bonchev–Trinajstić information content (AvgIpc) is 2.53. The van der Waals surface area contributed by atoms with Crippen molar-refractivity contribution < 1.29 is 4.79 Å². The summed E-state index contributed by atoms with van der Waals surface area (Å²) < 4.78 is 0. The van der Waals surface area contributed by atoms with E-state index in [9.17, 15) is 4.79 Å². The third-order valence-corrected chi connectivity index (χ3v) is 4.63. The molecule has 0 atom stereocenters. The molecule has 4 heteroatoms. The molecule has 0 aliphatic carbocycles. The van der Waals surface area contributed by atoms with E-state index in [1.807, 2.05) is 25.8 Å². The van der Waals surface area contributed by atoms with Crippen LogP contribution in [0.25, 0.3) is 0 Å². The van der Waals surface area contributed by atoms with Crippen molar-refractivity contribution in [2.24, 2.45) is 0 Å². The predicted molar refractivity (Wildman–Crippen MR) is 94.8 cm³/mol. The van der Waals surface area contributed by atoms with Crippen LogP contribution in [0.1, 0.15) is 32.3 Å². The van der Waals surface area contributed by atoms with Crippen molar-refractivity contribution in [3.8, 4) is 12.3 Å². The van der Waals surface area contributed by atoms with Gasteiger partial charge in [0.15, 0.2) is 0 Å². The zero-order valence-electron chi connectivity index (χ0n) is 14.0. The molecule has 0 aliphatic rings. The van der Waals surface area contributed by atoms with Crippen molar-refractivity contribution in [1.82, 2.24) is 10.2 Å². The first kappa shape index (κ1) is 18.6. The van der Waals surface area contributed by atoms with Gasteiger partial charge in [-0.05, 0) is 43.8 Å². The monoisotopic (exact) mass is 318 g/mol. The summed E-state index contributed by atoms with van der Waals surface area (Å²) in [4.78, 5) is 15.4. The maximum atomic E-state index is 12.2. The number of amides is 1. The summed E-state index contributed by atoms with van der Waals surface area (Å²) in [6.45, 7) is 5.08. The lowest BCUT2D eigenvalue weighted by molar-refractivity contribution is -0.123. The molecule has 1 amide bonds. The Morgan fingerprint density at radius 3 is 2.36 bits per heavy atom. The first-order chi connectivity index (χ1) is 10.5. The van der Waals surface area contributed by atoms with Gasteiger partial charge in [0.2, 0.25) is 5.91 Å². The minimum Gasteiger partial charge on any atom is -0.339 e. The topological polar surface area (TPSA) is 32.3 Å². The second-order valence-electron chi connectivity index (χ2n) is 5.50. The normalized spacial score (nSPS) is 11.3. The lowest BCUT2D eigenvalue weighted by atomic mass is 9.94. The molecule has 1 aromatic rings. The van der Waals surface area contributed by atoms with E-state index < -0.39 is 5.54 Å². The molecule has 1 aromatic carbocycles. The Kier molecular flexibility index (Phi) is 7.50. The molecule has 0 radical (unpaired) electrons. The van der Waals surface area contributed by atoms with Crippen LogP contribution < -0.4 is 5.32 Å². The van der Waals surface area contributed by atoms with E-state index in [0.717, 1.165) is 19.4 Å². The minimum absolute atomic E-state index is 0.0233. The lowest BCUT2D eigenvalue weighted by Crippen LogP contribution is -2.49. The van der Waals surface area contributed by atoms with E-state index in [4.69, 9.17) is 6.42 Å². The largest absolute Gasteiger partial charge is 0.339 e. The second-order valence-corrected chi connectivity index (χ2v) is 6.38. The van der Waals surface area contributed by atoms with Crippen molar-refractivity contribution >= 4 is 17.7 Å². The number of nitrogens with one attached hydrogen (secondary N) is 1. The average molecular weight is 318 g/mol. The van der Waals surface area contributed by atoms with Crippen molar-refractivity contribution in [2.45, 2.75) is 43.7 Å². The van der Waals surface area contributed by atoms with Gasteiger partial charge < -0.3 is 5.32 Å². The Morgan fingerprint density at radius 1 is 1.32 bits per heavy atom. The Balaban J connectivity index is 2.55. The van der Waals surface area contributed by atoms with Crippen LogP contribution in [0.4, 0.5) is 0 Å². The van der Waals surface area contributed by atoms with E-state index in [0.29, 0.717) is 6.54 Å². The number of carbonyl (C=O) groups excluding carboxylic acids is 1. The fraction of sp³-hybridized carbons (Fsp3) is 0.500. The van der Waals surface area contributed by atoms with Crippen molar-refractivity contribution in [3.63, 3.8) is 0 Å². The first-order valence-corrected chi connectivity index (χ1v) is 8.81. The summed E-state index contributed by atoms with van der Waals surface area (Å²) in [5, 5.41) is 2.99. The number of terminal acetylenes is 1. The van der Waals surface area contributed by atoms with Crippen LogP contribution in [-0.4, -0.2) is 36.2 Å². The summed E-state index contributed by atoms with van der Waals surface area (Å²) in [6, 6.07) is 8.41. The molecule has 3 nitrogen and oxygen atoms in total. The molecule has 1 N–H and O–H groups in total. The van der Waals surface area contributed by atoms with Crippen LogP contribution in [0, 0.1) is 12.3 Å². The number of likely N-dealkylation sites (N-methyl/N-ethyl adjacent to an activating group) is 1. The molecule has 22 heavy (non-hydrogen) atoms. The summed E-state index contributed by atoms with van der Waals surface area (Å²) in [6.07, 6.45) is 9.12. The van der Waals surface area contributed by atoms with Crippen LogP contribution >= 0.6 is 11.8 Å². The van der Waals surface area contributed by atoms with Crippen LogP contribution in [-0.2, 0) is 11.3 Å². The van der Waals surface area contributed by atoms with E-state index >= 15 is 0 Å². The number of carbonyl (C=O) groups is 1. The summed E-state index contributed by atoms with van der Waals surface area (Å²) in [5.74, 6) is 2.71. The third kappa shape index (κ3) is 5.40. The maximum Gasteiger partial charge on any atom is 0.235 e. The zero-order chi connectivity index (χ0) is 16.6. The van der Waals surface area contributed by atoms with Gasteiger partial charge in [0, 0.05) is 11.4 Å². The molecule has 0 saturated carbocycles. The van der Waals surface area contributed by atoms with Crippen LogP contribution in [0.2, 0.25) is 0 Å². The van der Waals surface area contributed by atoms with Gasteiger partial charge in [-0.2, -0.15) is 0 Å². The van der Waals surface area contributed by atoms with Gasteiger partial charge in [0.1, 0.15) is 5.54 Å². The van der Waals surface area contributed by atoms with Gasteiger partial charge in [-0.1, -0.05) is 31.9 Å². The van der Waals surface area contributed by atoms with E-state index in [-0.39, 0.29) is 5.91 Å². The Morgan fingerprint density at radius 2 is 1.91 bits per heavy atom. The molecular weight excluding hydrogens is 292 g/mol. The molecule has 120 valence electrons. The van der Waals surface area contributed by atoms with E-state index in [1.165, 1.54) is 10.5 Å². The van der Waals surface area contributed by atoms with Gasteiger partial charge in [-0.3, -0.25) is 9.69 Å². The minimum atomic E-state index is -0.516. The molecule has 1 rings (SSSR count). The van der Waals surface area contributed by atoms with Crippen molar-refractivity contribution in [1.29, 1.82) is 0 Å². The quantitative estimate of drug-likeness (QED) is 0.590. The van der Waals surface area contributed by atoms with Gasteiger partial charge in [0.05, 0.1) is 6.54 Å². The highest BCUT2D eigenvalue weighted by molar-refractivity contribution is 7.98. The number of hydrogen-bond donors (Lipinski definition) is 1. The Hall–Kier alpha value is -1.44. The highest BCUT2D eigenvalue weighted by atomic mass is 32.2. The number of rotatable bonds is 8. The fourth-order valence-electron chi connectivity index (χ4n) is 2.32. The molecule has 0 spiro atoms. The second kappa shape index (κ2) is 8.87. The Bertz CT molecular complexity index is 515. The maximum absolute atomic E-state index is 12.2. The molecular formula is C18H26N2OS. The zero-order valence-corrected chi connectivity index (χ0v) is 14.8. The molecule has 0 saturated heterocycles. The first-order valence-electron chi connectivity index (χ1n) is 7.58. The molecule has 0 aromatic heterocycles. The molecule has 0 heterocycles. The van der Waals surface area contributed by atoms with Gasteiger partial charge in [0.25, 0.3) is 0 Å². The lowest BCUT2D eigenvalue weighted by Gasteiger charge is -2.28. The van der Waals surface area contributed by atoms with Crippen LogP contribution in [0.5, 0.6) is 0 Å². The van der Waals surface area contributed by atoms with Crippen molar-refractivity contribution in [2.75, 3.05) is 19.8 Å². The fourth-order valence-corrected chi connectivity index (χ4v) is 2.73. The number of hydrogen-bond acceptors (Lipinski definition) is 3. The van der Waals surface area contributed by atoms with E-state index in [2.05, 4.69) is 41.8 Å². The van der Waals surface area contributed by atoms with E-state index in [1.54, 1.807) is 11.8 Å². The Labute approximate surface area is 138 Å². The number of thioether (sulfide) groups is 1. The highest BCUT2D eigenvalue weighted by Gasteiger charge is 2.25. The van der Waals surface area contributed by atoms with Gasteiger partial charge >= 0.3 is 0 Å². The highest BCUT2D eigenvalue weighted by Crippen LogP contribution is 2.16. The van der Waals surface area contributed by atoms with Crippen molar-refractivity contribution in [3.05, 3.63) is 29.8 Å². The smallest absolute Gasteiger partial charge is 0.235 e. The predicted octanol–water partition coefficient (Wildman–Crippen LogP) is 3.15. The third-order valence-electron chi connectivity index (χ3n) is 3.89. The SMILES string of the molecule is C#CC(CC)(CC)NC(=O)CN(C)Cc1ccc(SC)cc1. The summed E-state index contributed by atoms with van der Waals surface area (Å²) in [5.41, 5.74) is 0.681. The molecule has 0 fully saturated rings. The molecule has 0 bridgehead atoms. The summed E-state index contributed by atoms with van der Waals surface area (Å²) >= 11 is 1.72. The standard InChI is InChI=1S/C18H26N2OS/c1-6-18(7-2,8-3)19-17(21)14-20(4)13-15-9-11-16(22-5)12-10-15/h1,9-12H,7-8,13-14H2,2-5H3,(H,19,21). The molecule has 0 aliphatic heterocycles. The number of benzene rings is 1. The number of nitrogens with zero attached hydrogens (tertiary/aromatic N) is 1.